The van der Waals surface area contributed by atoms with Gasteiger partial charge in [0.15, 0.2) is 0 Å². The molecule has 0 aliphatic carbocycles. The summed E-state index contributed by atoms with van der Waals surface area (Å²) in [6.45, 7) is 2.48. The molecule has 1 aliphatic rings. The summed E-state index contributed by atoms with van der Waals surface area (Å²) in [7, 11) is 3.75. The molecule has 30 heavy (non-hydrogen) atoms. The third kappa shape index (κ3) is 3.77. The summed E-state index contributed by atoms with van der Waals surface area (Å²) in [5, 5.41) is 6.84. The van der Waals surface area contributed by atoms with Crippen LogP contribution in [-0.2, 0) is 0 Å². The Labute approximate surface area is 175 Å². The van der Waals surface area contributed by atoms with Gasteiger partial charge in [-0.15, -0.1) is 0 Å². The normalized spacial score (nSPS) is 16.5. The summed E-state index contributed by atoms with van der Waals surface area (Å²) in [5.41, 5.74) is 3.50. The number of nitrogens with zero attached hydrogens (tertiary/aromatic N) is 5. The third-order valence-corrected chi connectivity index (χ3v) is 5.48. The number of amides is 1. The molecule has 1 aromatic carbocycles. The Bertz CT molecular complexity index is 1060. The molecule has 1 N–H and O–H groups in total. The van der Waals surface area contributed by atoms with Gasteiger partial charge >= 0.3 is 0 Å². The molecule has 1 aliphatic heterocycles. The molecule has 7 nitrogen and oxygen atoms in total. The van der Waals surface area contributed by atoms with Gasteiger partial charge in [0.1, 0.15) is 5.82 Å². The van der Waals surface area contributed by atoms with Crippen LogP contribution in [0, 0.1) is 12.7 Å². The standard InChI is InChI=1S/C22H25FN6O/c1-14-17(13-25-27-14)21(30)29-10-5-4-9-19(29)20-18(12-24-22(26-20)28(2)3)15-7-6-8-16(23)11-15/h6-8,11-13,19H,4-5,9-10H2,1-3H3,(H,25,27)/t19-/m1/s1. The molecule has 3 aromatic rings. The number of nitrogens with one attached hydrogen (secondary N) is 1. The van der Waals surface area contributed by atoms with Crippen molar-refractivity contribution in [1.29, 1.82) is 0 Å². The number of benzene rings is 1. The van der Waals surface area contributed by atoms with E-state index in [1.54, 1.807) is 18.5 Å². The van der Waals surface area contributed by atoms with E-state index < -0.39 is 0 Å². The van der Waals surface area contributed by atoms with Crippen molar-refractivity contribution in [2.45, 2.75) is 32.2 Å². The second-order valence-corrected chi connectivity index (χ2v) is 7.79. The van der Waals surface area contributed by atoms with Gasteiger partial charge in [-0.25, -0.2) is 14.4 Å². The van der Waals surface area contributed by atoms with Gasteiger partial charge in [-0.1, -0.05) is 12.1 Å². The zero-order valence-electron chi connectivity index (χ0n) is 17.4. The molecule has 8 heteroatoms. The third-order valence-electron chi connectivity index (χ3n) is 5.48. The quantitative estimate of drug-likeness (QED) is 0.711. The first-order valence-electron chi connectivity index (χ1n) is 10.1. The second-order valence-electron chi connectivity index (χ2n) is 7.79. The topological polar surface area (TPSA) is 78.0 Å². The number of aromatic nitrogens is 4. The Hall–Kier alpha value is -3.29. The average molecular weight is 408 g/mol. The SMILES string of the molecule is Cc1[nH]ncc1C(=O)N1CCCC[C@@H]1c1nc(N(C)C)ncc1-c1cccc(F)c1. The smallest absolute Gasteiger partial charge is 0.257 e. The number of hydrogen-bond donors (Lipinski definition) is 1. The molecule has 1 amide bonds. The van der Waals surface area contributed by atoms with Gasteiger partial charge in [0.2, 0.25) is 5.95 Å². The Morgan fingerprint density at radius 1 is 1.27 bits per heavy atom. The van der Waals surface area contributed by atoms with E-state index in [-0.39, 0.29) is 17.8 Å². The number of likely N-dealkylation sites (tertiary alicyclic amines) is 1. The van der Waals surface area contributed by atoms with E-state index in [1.807, 2.05) is 36.9 Å². The number of carbonyl (C=O) groups is 1. The van der Waals surface area contributed by atoms with Crippen LogP contribution in [0.2, 0.25) is 0 Å². The maximum absolute atomic E-state index is 13.9. The lowest BCUT2D eigenvalue weighted by Gasteiger charge is -2.36. The molecule has 0 unspecified atom stereocenters. The van der Waals surface area contributed by atoms with Gasteiger partial charge < -0.3 is 9.80 Å². The van der Waals surface area contributed by atoms with Crippen LogP contribution < -0.4 is 4.90 Å². The summed E-state index contributed by atoms with van der Waals surface area (Å²) >= 11 is 0. The Morgan fingerprint density at radius 2 is 2.10 bits per heavy atom. The number of rotatable bonds is 4. The molecular weight excluding hydrogens is 383 g/mol. The molecule has 0 bridgehead atoms. The Balaban J connectivity index is 1.82. The van der Waals surface area contributed by atoms with E-state index in [2.05, 4.69) is 15.2 Å². The molecule has 3 heterocycles. The van der Waals surface area contributed by atoms with Crippen molar-refractivity contribution in [3.05, 3.63) is 59.4 Å². The van der Waals surface area contributed by atoms with E-state index in [0.717, 1.165) is 36.2 Å². The fraction of sp³-hybridized carbons (Fsp3) is 0.364. The van der Waals surface area contributed by atoms with Crippen molar-refractivity contribution < 1.29 is 9.18 Å². The van der Waals surface area contributed by atoms with Crippen LogP contribution in [0.15, 0.2) is 36.7 Å². The van der Waals surface area contributed by atoms with Gasteiger partial charge in [-0.05, 0) is 43.9 Å². The molecule has 0 spiro atoms. The van der Waals surface area contributed by atoms with Crippen molar-refractivity contribution >= 4 is 11.9 Å². The summed E-state index contributed by atoms with van der Waals surface area (Å²) in [6.07, 6.45) is 6.01. The van der Waals surface area contributed by atoms with Gasteiger partial charge in [0, 0.05) is 38.1 Å². The summed E-state index contributed by atoms with van der Waals surface area (Å²) in [4.78, 5) is 26.3. The number of anilines is 1. The minimum Gasteiger partial charge on any atom is -0.347 e. The molecule has 1 saturated heterocycles. The predicted molar refractivity (Wildman–Crippen MR) is 113 cm³/mol. The van der Waals surface area contributed by atoms with Crippen molar-refractivity contribution in [3.8, 4) is 11.1 Å². The zero-order chi connectivity index (χ0) is 21.3. The number of carbonyl (C=O) groups excluding carboxylic acids is 1. The van der Waals surface area contributed by atoms with Gasteiger partial charge in [0.25, 0.3) is 5.91 Å². The largest absolute Gasteiger partial charge is 0.347 e. The lowest BCUT2D eigenvalue weighted by atomic mass is 9.93. The van der Waals surface area contributed by atoms with Crippen LogP contribution in [0.25, 0.3) is 11.1 Å². The van der Waals surface area contributed by atoms with Crippen LogP contribution in [0.1, 0.15) is 47.1 Å². The first-order chi connectivity index (χ1) is 14.5. The minimum atomic E-state index is -0.319. The second kappa shape index (κ2) is 8.22. The average Bonchev–Trinajstić information content (AvgIpc) is 3.18. The molecule has 0 saturated carbocycles. The van der Waals surface area contributed by atoms with E-state index in [0.29, 0.717) is 23.6 Å². The van der Waals surface area contributed by atoms with Crippen LogP contribution in [0.4, 0.5) is 10.3 Å². The van der Waals surface area contributed by atoms with Gasteiger partial charge in [-0.3, -0.25) is 9.89 Å². The lowest BCUT2D eigenvalue weighted by Crippen LogP contribution is -2.39. The van der Waals surface area contributed by atoms with E-state index >= 15 is 0 Å². The van der Waals surface area contributed by atoms with Crippen molar-refractivity contribution in [2.24, 2.45) is 0 Å². The molecule has 2 aromatic heterocycles. The highest BCUT2D eigenvalue weighted by Gasteiger charge is 2.33. The number of aryl methyl sites for hydroxylation is 1. The number of hydrogen-bond acceptors (Lipinski definition) is 5. The van der Waals surface area contributed by atoms with Crippen LogP contribution >= 0.6 is 0 Å². The van der Waals surface area contributed by atoms with E-state index in [9.17, 15) is 9.18 Å². The minimum absolute atomic E-state index is 0.0684. The number of piperidine rings is 1. The molecular formula is C22H25FN6O. The molecule has 1 fully saturated rings. The van der Waals surface area contributed by atoms with Crippen molar-refractivity contribution in [3.63, 3.8) is 0 Å². The van der Waals surface area contributed by atoms with Gasteiger partial charge in [-0.2, -0.15) is 5.10 Å². The highest BCUT2D eigenvalue weighted by molar-refractivity contribution is 5.95. The molecule has 4 rings (SSSR count). The van der Waals surface area contributed by atoms with Crippen LogP contribution in [-0.4, -0.2) is 51.6 Å². The van der Waals surface area contributed by atoms with Gasteiger partial charge in [0.05, 0.1) is 23.5 Å². The Morgan fingerprint density at radius 3 is 2.80 bits per heavy atom. The number of halogens is 1. The maximum atomic E-state index is 13.9. The van der Waals surface area contributed by atoms with Crippen molar-refractivity contribution in [2.75, 3.05) is 25.5 Å². The van der Waals surface area contributed by atoms with Crippen LogP contribution in [0.5, 0.6) is 0 Å². The fourth-order valence-corrected chi connectivity index (χ4v) is 3.91. The molecule has 156 valence electrons. The lowest BCUT2D eigenvalue weighted by molar-refractivity contribution is 0.0606. The molecule has 1 atom stereocenters. The van der Waals surface area contributed by atoms with Crippen LogP contribution in [0.3, 0.4) is 0 Å². The number of aromatic amines is 1. The highest BCUT2D eigenvalue weighted by Crippen LogP contribution is 2.37. The van der Waals surface area contributed by atoms with E-state index in [4.69, 9.17) is 4.98 Å². The van der Waals surface area contributed by atoms with Crippen molar-refractivity contribution in [1.82, 2.24) is 25.1 Å². The summed E-state index contributed by atoms with van der Waals surface area (Å²) < 4.78 is 13.9. The maximum Gasteiger partial charge on any atom is 0.257 e. The Kier molecular flexibility index (Phi) is 5.48. The first-order valence-corrected chi connectivity index (χ1v) is 10.1. The number of H-pyrrole nitrogens is 1. The fourth-order valence-electron chi connectivity index (χ4n) is 3.91. The van der Waals surface area contributed by atoms with E-state index in [1.165, 1.54) is 12.1 Å². The molecule has 0 radical (unpaired) electrons. The highest BCUT2D eigenvalue weighted by atomic mass is 19.1. The predicted octanol–water partition coefficient (Wildman–Crippen LogP) is 3.75. The summed E-state index contributed by atoms with van der Waals surface area (Å²) in [5.74, 6) is 0.171. The summed E-state index contributed by atoms with van der Waals surface area (Å²) in [6, 6.07) is 6.19. The monoisotopic (exact) mass is 408 g/mol. The first kappa shape index (κ1) is 20.0. The zero-order valence-corrected chi connectivity index (χ0v) is 17.4.